The molecule has 106 valence electrons. The molecule has 0 amide bonds. The van der Waals surface area contributed by atoms with Crippen molar-refractivity contribution < 1.29 is 9.47 Å². The van der Waals surface area contributed by atoms with E-state index in [-0.39, 0.29) is 6.10 Å². The van der Waals surface area contributed by atoms with Crippen LogP contribution in [0, 0.1) is 11.5 Å². The van der Waals surface area contributed by atoms with Gasteiger partial charge in [-0.1, -0.05) is 25.6 Å². The molecule has 0 aromatic carbocycles. The number of ether oxygens (including phenoxy) is 2. The average molecular weight is 408 g/mol. The molecule has 1 heterocycles. The number of hydrogen-bond acceptors (Lipinski definition) is 2. The molecule has 1 saturated heterocycles. The van der Waals surface area contributed by atoms with Crippen LogP contribution in [-0.4, -0.2) is 26.6 Å². The fraction of sp³-hybridized carbons (Fsp3) is 0.571. The summed E-state index contributed by atoms with van der Waals surface area (Å²) in [6.07, 6.45) is 3.80. The molecule has 5 heteroatoms. The highest BCUT2D eigenvalue weighted by Gasteiger charge is 2.34. The Balaban J connectivity index is 2.97. The SMILES string of the molecule is CC1(C)OC[C@H](/C(C#C[Si](C)(C)C)=C/C=C(Br)Br)O1. The maximum atomic E-state index is 5.87. The van der Waals surface area contributed by atoms with Crippen molar-refractivity contribution in [1.82, 2.24) is 0 Å². The molecule has 19 heavy (non-hydrogen) atoms. The fourth-order valence-electron chi connectivity index (χ4n) is 1.48. The first-order chi connectivity index (χ1) is 8.59. The maximum Gasteiger partial charge on any atom is 0.163 e. The summed E-state index contributed by atoms with van der Waals surface area (Å²) in [4.78, 5) is 0. The summed E-state index contributed by atoms with van der Waals surface area (Å²) in [5, 5.41) is 0. The first-order valence-electron chi connectivity index (χ1n) is 6.17. The molecular formula is C14H20Br2O2Si. The molecule has 0 radical (unpaired) electrons. The van der Waals surface area contributed by atoms with Gasteiger partial charge < -0.3 is 9.47 Å². The Hall–Kier alpha value is 0.137. The molecule has 0 N–H and O–H groups in total. The van der Waals surface area contributed by atoms with Crippen LogP contribution in [0.5, 0.6) is 0 Å². The van der Waals surface area contributed by atoms with Crippen molar-refractivity contribution in [3.8, 4) is 11.5 Å². The molecule has 1 rings (SSSR count). The van der Waals surface area contributed by atoms with Crippen molar-refractivity contribution in [3.63, 3.8) is 0 Å². The van der Waals surface area contributed by atoms with Crippen LogP contribution >= 0.6 is 31.9 Å². The van der Waals surface area contributed by atoms with Gasteiger partial charge in [-0.25, -0.2) is 0 Å². The second-order valence-electron chi connectivity index (χ2n) is 5.90. The van der Waals surface area contributed by atoms with Crippen LogP contribution < -0.4 is 0 Å². The number of allylic oxidation sites excluding steroid dienone is 2. The van der Waals surface area contributed by atoms with Gasteiger partial charge in [-0.2, -0.15) is 0 Å². The van der Waals surface area contributed by atoms with E-state index in [4.69, 9.17) is 9.47 Å². The lowest BCUT2D eigenvalue weighted by atomic mass is 10.1. The highest BCUT2D eigenvalue weighted by atomic mass is 79.9. The summed E-state index contributed by atoms with van der Waals surface area (Å²) >= 11 is 6.69. The summed E-state index contributed by atoms with van der Waals surface area (Å²) in [7, 11) is -1.41. The summed E-state index contributed by atoms with van der Waals surface area (Å²) in [5.41, 5.74) is 4.34. The van der Waals surface area contributed by atoms with E-state index in [1.54, 1.807) is 0 Å². The van der Waals surface area contributed by atoms with Gasteiger partial charge in [0.2, 0.25) is 0 Å². The highest BCUT2D eigenvalue weighted by Crippen LogP contribution is 2.27. The predicted octanol–water partition coefficient (Wildman–Crippen LogP) is 4.58. The Bertz CT molecular complexity index is 446. The smallest absolute Gasteiger partial charge is 0.163 e. The molecule has 0 aliphatic carbocycles. The first-order valence-corrected chi connectivity index (χ1v) is 11.3. The molecular weight excluding hydrogens is 388 g/mol. The monoisotopic (exact) mass is 406 g/mol. The van der Waals surface area contributed by atoms with Crippen LogP contribution in [0.25, 0.3) is 0 Å². The predicted molar refractivity (Wildman–Crippen MR) is 90.0 cm³/mol. The molecule has 0 aromatic rings. The van der Waals surface area contributed by atoms with Gasteiger partial charge in [0.05, 0.1) is 10.00 Å². The lowest BCUT2D eigenvalue weighted by molar-refractivity contribution is -0.133. The third-order valence-corrected chi connectivity index (χ3v) is 3.73. The van der Waals surface area contributed by atoms with Crippen molar-refractivity contribution in [1.29, 1.82) is 0 Å². The summed E-state index contributed by atoms with van der Waals surface area (Å²) < 4.78 is 12.4. The number of rotatable bonds is 2. The van der Waals surface area contributed by atoms with Crippen LogP contribution in [0.4, 0.5) is 0 Å². The van der Waals surface area contributed by atoms with Gasteiger partial charge in [0.25, 0.3) is 0 Å². The topological polar surface area (TPSA) is 18.5 Å². The van der Waals surface area contributed by atoms with Crippen LogP contribution in [0.2, 0.25) is 19.6 Å². The van der Waals surface area contributed by atoms with E-state index in [0.717, 1.165) is 8.96 Å². The van der Waals surface area contributed by atoms with Crippen molar-refractivity contribution in [2.75, 3.05) is 6.61 Å². The van der Waals surface area contributed by atoms with E-state index in [1.165, 1.54) is 0 Å². The number of hydrogen-bond donors (Lipinski definition) is 0. The molecule has 0 spiro atoms. The third-order valence-electron chi connectivity index (χ3n) is 2.33. The van der Waals surface area contributed by atoms with E-state index in [9.17, 15) is 0 Å². The zero-order valence-electron chi connectivity index (χ0n) is 12.0. The number of halogens is 2. The molecule has 1 fully saturated rings. The van der Waals surface area contributed by atoms with E-state index in [1.807, 2.05) is 26.0 Å². The lowest BCUT2D eigenvalue weighted by Crippen LogP contribution is -2.22. The second-order valence-corrected chi connectivity index (χ2v) is 13.4. The highest BCUT2D eigenvalue weighted by molar-refractivity contribution is 9.28. The molecule has 1 aliphatic heterocycles. The average Bonchev–Trinajstić information content (AvgIpc) is 2.57. The molecule has 2 nitrogen and oxygen atoms in total. The van der Waals surface area contributed by atoms with Crippen molar-refractivity contribution in [2.24, 2.45) is 0 Å². The normalized spacial score (nSPS) is 22.7. The molecule has 0 bridgehead atoms. The fourth-order valence-corrected chi connectivity index (χ4v) is 2.27. The molecule has 1 atom stereocenters. The second kappa shape index (κ2) is 6.73. The van der Waals surface area contributed by atoms with E-state index in [0.29, 0.717) is 6.61 Å². The van der Waals surface area contributed by atoms with Crippen molar-refractivity contribution in [3.05, 3.63) is 21.1 Å². The van der Waals surface area contributed by atoms with Crippen LogP contribution in [-0.2, 0) is 9.47 Å². The molecule has 0 aromatic heterocycles. The van der Waals surface area contributed by atoms with E-state index in [2.05, 4.69) is 63.0 Å². The minimum Gasteiger partial charge on any atom is -0.347 e. The minimum absolute atomic E-state index is 0.0885. The summed E-state index contributed by atoms with van der Waals surface area (Å²) in [5.74, 6) is 2.75. The van der Waals surface area contributed by atoms with E-state index >= 15 is 0 Å². The summed E-state index contributed by atoms with van der Waals surface area (Å²) in [6.45, 7) is 11.1. The zero-order valence-corrected chi connectivity index (χ0v) is 16.2. The van der Waals surface area contributed by atoms with Gasteiger partial charge >= 0.3 is 0 Å². The van der Waals surface area contributed by atoms with Gasteiger partial charge in [0.15, 0.2) is 5.79 Å². The van der Waals surface area contributed by atoms with Gasteiger partial charge in [-0.3, -0.25) is 0 Å². The van der Waals surface area contributed by atoms with Crippen molar-refractivity contribution in [2.45, 2.75) is 45.4 Å². The van der Waals surface area contributed by atoms with Crippen LogP contribution in [0.1, 0.15) is 13.8 Å². The van der Waals surface area contributed by atoms with Gasteiger partial charge in [-0.05, 0) is 57.9 Å². The lowest BCUT2D eigenvalue weighted by Gasteiger charge is -2.17. The molecule has 0 unspecified atom stereocenters. The largest absolute Gasteiger partial charge is 0.347 e. The maximum absolute atomic E-state index is 5.87. The minimum atomic E-state index is -1.41. The first kappa shape index (κ1) is 17.2. The van der Waals surface area contributed by atoms with E-state index < -0.39 is 13.9 Å². The zero-order chi connectivity index (χ0) is 14.7. The van der Waals surface area contributed by atoms with Crippen LogP contribution in [0.15, 0.2) is 21.1 Å². The van der Waals surface area contributed by atoms with Gasteiger partial charge in [-0.15, -0.1) is 5.54 Å². The molecule has 1 aliphatic rings. The standard InChI is InChI=1S/C14H20Br2O2Si/c1-14(2)17-10-12(18-14)11(6-7-13(15)16)8-9-19(3,4)5/h6-7,12H,10H2,1-5H3/b11-6+/t12-/m1/s1. The Kier molecular flexibility index (Phi) is 6.09. The Morgan fingerprint density at radius 3 is 2.32 bits per heavy atom. The third kappa shape index (κ3) is 6.91. The van der Waals surface area contributed by atoms with Gasteiger partial charge in [0, 0.05) is 5.57 Å². The Morgan fingerprint density at radius 1 is 1.26 bits per heavy atom. The summed E-state index contributed by atoms with van der Waals surface area (Å²) in [6, 6.07) is 0. The van der Waals surface area contributed by atoms with Crippen LogP contribution in [0.3, 0.4) is 0 Å². The quantitative estimate of drug-likeness (QED) is 0.379. The Labute approximate surface area is 133 Å². The Morgan fingerprint density at radius 2 is 1.89 bits per heavy atom. The molecule has 0 saturated carbocycles. The van der Waals surface area contributed by atoms with Crippen molar-refractivity contribution >= 4 is 39.9 Å². The van der Waals surface area contributed by atoms with Gasteiger partial charge in [0.1, 0.15) is 14.2 Å².